The molecular weight excluding hydrogens is 326 g/mol. The zero-order valence-electron chi connectivity index (χ0n) is 15.9. The van der Waals surface area contributed by atoms with Crippen LogP contribution in [0.2, 0.25) is 0 Å². The number of rotatable bonds is 4. The van der Waals surface area contributed by atoms with Crippen molar-refractivity contribution in [3.63, 3.8) is 0 Å². The molecule has 5 heteroatoms. The summed E-state index contributed by atoms with van der Waals surface area (Å²) >= 11 is 0. The van der Waals surface area contributed by atoms with E-state index in [4.69, 9.17) is 10.5 Å². The number of hydrogen-bond donors (Lipinski definition) is 2. The first kappa shape index (κ1) is 18.1. The number of carbonyl (C=O) groups excluding carboxylic acids is 1. The average molecular weight is 353 g/mol. The lowest BCUT2D eigenvalue weighted by molar-refractivity contribution is -0.115. The first-order valence-electron chi connectivity index (χ1n) is 8.97. The highest BCUT2D eigenvalue weighted by atomic mass is 16.5. The minimum Gasteiger partial charge on any atom is -0.484 e. The van der Waals surface area contributed by atoms with Gasteiger partial charge in [0.15, 0.2) is 0 Å². The third-order valence-electron chi connectivity index (χ3n) is 4.47. The van der Waals surface area contributed by atoms with Gasteiger partial charge < -0.3 is 20.7 Å². The smallest absolute Gasteiger partial charge is 0.243 e. The maximum Gasteiger partial charge on any atom is 0.243 e. The van der Waals surface area contributed by atoms with E-state index in [-0.39, 0.29) is 12.5 Å². The molecule has 0 radical (unpaired) electrons. The highest BCUT2D eigenvalue weighted by Crippen LogP contribution is 2.38. The lowest BCUT2D eigenvalue weighted by Gasteiger charge is -2.40. The van der Waals surface area contributed by atoms with Gasteiger partial charge in [0.05, 0.1) is 18.8 Å². The fourth-order valence-corrected chi connectivity index (χ4v) is 3.37. The molecule has 1 aliphatic rings. The van der Waals surface area contributed by atoms with Crippen LogP contribution in [-0.2, 0) is 4.79 Å². The first-order chi connectivity index (χ1) is 12.2. The maximum absolute atomic E-state index is 12.7. The Kier molecular flexibility index (Phi) is 4.81. The molecule has 3 N–H and O–H groups in total. The van der Waals surface area contributed by atoms with E-state index in [1.165, 1.54) is 0 Å². The summed E-state index contributed by atoms with van der Waals surface area (Å²) < 4.78 is 6.03. The van der Waals surface area contributed by atoms with Crippen molar-refractivity contribution in [2.75, 3.05) is 29.0 Å². The summed E-state index contributed by atoms with van der Waals surface area (Å²) in [5.74, 6) is 1.02. The number of para-hydroxylation sites is 1. The molecule has 3 rings (SSSR count). The Hall–Kier alpha value is -2.69. The minimum atomic E-state index is -0.392. The molecule has 0 fully saturated rings. The van der Waals surface area contributed by atoms with Crippen molar-refractivity contribution >= 4 is 23.0 Å². The normalized spacial score (nSPS) is 15.3. The Labute approximate surface area is 155 Å². The maximum atomic E-state index is 12.7. The van der Waals surface area contributed by atoms with Crippen LogP contribution >= 0.6 is 0 Å². The van der Waals surface area contributed by atoms with Crippen molar-refractivity contribution in [3.05, 3.63) is 48.0 Å². The molecule has 1 aliphatic heterocycles. The average Bonchev–Trinajstić information content (AvgIpc) is 2.53. The third kappa shape index (κ3) is 3.93. The fourth-order valence-electron chi connectivity index (χ4n) is 3.37. The van der Waals surface area contributed by atoms with Gasteiger partial charge in [-0.3, -0.25) is 4.79 Å². The zero-order chi connectivity index (χ0) is 18.9. The number of nitrogen functional groups attached to an aromatic ring is 1. The Morgan fingerprint density at radius 3 is 2.73 bits per heavy atom. The van der Waals surface area contributed by atoms with Crippen LogP contribution in [0.15, 0.2) is 42.5 Å². The number of carbonyl (C=O) groups is 1. The van der Waals surface area contributed by atoms with Crippen molar-refractivity contribution in [1.29, 1.82) is 0 Å². The van der Waals surface area contributed by atoms with Gasteiger partial charge in [-0.15, -0.1) is 0 Å². The lowest BCUT2D eigenvalue weighted by atomic mass is 10.0. The van der Waals surface area contributed by atoms with Gasteiger partial charge in [0.1, 0.15) is 11.4 Å². The standard InChI is InChI=1S/C21H27N3O2/c1-14(2)16-7-5-6-8-17(16)23-20(25)12-24-13-21(3,4)26-19-11-15(22)9-10-18(19)24/h5-11,14H,12-13,22H2,1-4H3,(H,23,25). The summed E-state index contributed by atoms with van der Waals surface area (Å²) in [6.07, 6.45) is 0. The summed E-state index contributed by atoms with van der Waals surface area (Å²) in [7, 11) is 0. The highest BCUT2D eigenvalue weighted by Gasteiger charge is 2.32. The number of fused-ring (bicyclic) bond motifs is 1. The molecule has 0 unspecified atom stereocenters. The van der Waals surface area contributed by atoms with Crippen LogP contribution in [0.5, 0.6) is 5.75 Å². The van der Waals surface area contributed by atoms with Gasteiger partial charge >= 0.3 is 0 Å². The van der Waals surface area contributed by atoms with Crippen molar-refractivity contribution in [1.82, 2.24) is 0 Å². The van der Waals surface area contributed by atoms with E-state index >= 15 is 0 Å². The second-order valence-electron chi connectivity index (χ2n) is 7.74. The SMILES string of the molecule is CC(C)c1ccccc1NC(=O)CN1CC(C)(C)Oc2cc(N)ccc21. The van der Waals surface area contributed by atoms with E-state index in [0.29, 0.717) is 18.2 Å². The van der Waals surface area contributed by atoms with Crippen LogP contribution in [0.3, 0.4) is 0 Å². The zero-order valence-corrected chi connectivity index (χ0v) is 15.9. The molecule has 2 aromatic carbocycles. The molecule has 5 nitrogen and oxygen atoms in total. The Morgan fingerprint density at radius 1 is 1.27 bits per heavy atom. The molecule has 138 valence electrons. The Bertz CT molecular complexity index is 815. The van der Waals surface area contributed by atoms with Gasteiger partial charge in [0, 0.05) is 17.4 Å². The number of amides is 1. The number of hydrogen-bond acceptors (Lipinski definition) is 4. The molecule has 0 saturated carbocycles. The summed E-state index contributed by atoms with van der Waals surface area (Å²) in [6, 6.07) is 13.5. The molecule has 0 spiro atoms. The number of nitrogens with zero attached hydrogens (tertiary/aromatic N) is 1. The van der Waals surface area contributed by atoms with Crippen molar-refractivity contribution in [3.8, 4) is 5.75 Å². The number of ether oxygens (including phenoxy) is 1. The quantitative estimate of drug-likeness (QED) is 0.815. The van der Waals surface area contributed by atoms with E-state index in [2.05, 4.69) is 25.2 Å². The van der Waals surface area contributed by atoms with Crippen molar-refractivity contribution < 1.29 is 9.53 Å². The van der Waals surface area contributed by atoms with Crippen LogP contribution < -0.4 is 20.7 Å². The predicted molar refractivity (Wildman–Crippen MR) is 107 cm³/mol. The summed E-state index contributed by atoms with van der Waals surface area (Å²) in [5, 5.41) is 3.06. The van der Waals surface area contributed by atoms with Gasteiger partial charge in [-0.1, -0.05) is 32.0 Å². The lowest BCUT2D eigenvalue weighted by Crippen LogP contribution is -2.49. The van der Waals surface area contributed by atoms with Gasteiger partial charge in [-0.2, -0.15) is 0 Å². The van der Waals surface area contributed by atoms with Crippen molar-refractivity contribution in [2.24, 2.45) is 0 Å². The first-order valence-corrected chi connectivity index (χ1v) is 8.97. The van der Waals surface area contributed by atoms with Gasteiger partial charge in [-0.25, -0.2) is 0 Å². The molecule has 1 heterocycles. The summed E-state index contributed by atoms with van der Waals surface area (Å²) in [6.45, 7) is 9.15. The van der Waals surface area contributed by atoms with Crippen molar-refractivity contribution in [2.45, 2.75) is 39.2 Å². The third-order valence-corrected chi connectivity index (χ3v) is 4.47. The van der Waals surface area contributed by atoms with Crippen LogP contribution in [-0.4, -0.2) is 24.6 Å². The Morgan fingerprint density at radius 2 is 2.00 bits per heavy atom. The number of nitrogens with two attached hydrogens (primary N) is 1. The van der Waals surface area contributed by atoms with E-state index in [1.807, 2.05) is 55.1 Å². The molecule has 1 amide bonds. The molecule has 0 bridgehead atoms. The van der Waals surface area contributed by atoms with E-state index in [9.17, 15) is 4.79 Å². The molecule has 0 atom stereocenters. The molecule has 0 saturated heterocycles. The van der Waals surface area contributed by atoms with Crippen LogP contribution in [0.4, 0.5) is 17.1 Å². The Balaban J connectivity index is 1.80. The fraction of sp³-hybridized carbons (Fsp3) is 0.381. The van der Waals surface area contributed by atoms with Crippen LogP contribution in [0.25, 0.3) is 0 Å². The largest absolute Gasteiger partial charge is 0.484 e. The summed E-state index contributed by atoms with van der Waals surface area (Å²) in [5.41, 5.74) is 9.05. The van der Waals surface area contributed by atoms with Gasteiger partial charge in [0.25, 0.3) is 0 Å². The topological polar surface area (TPSA) is 67.6 Å². The van der Waals surface area contributed by atoms with Gasteiger partial charge in [-0.05, 0) is 43.5 Å². The molecule has 0 aromatic heterocycles. The van der Waals surface area contributed by atoms with Crippen LogP contribution in [0, 0.1) is 0 Å². The number of benzene rings is 2. The molecule has 0 aliphatic carbocycles. The number of anilines is 3. The van der Waals surface area contributed by atoms with Crippen LogP contribution in [0.1, 0.15) is 39.2 Å². The van der Waals surface area contributed by atoms with Gasteiger partial charge in [0.2, 0.25) is 5.91 Å². The second kappa shape index (κ2) is 6.90. The predicted octanol–water partition coefficient (Wildman–Crippen LogP) is 4.01. The second-order valence-corrected chi connectivity index (χ2v) is 7.74. The minimum absolute atomic E-state index is 0.0430. The molecule has 26 heavy (non-hydrogen) atoms. The summed E-state index contributed by atoms with van der Waals surface area (Å²) in [4.78, 5) is 14.8. The monoisotopic (exact) mass is 353 g/mol. The van der Waals surface area contributed by atoms with E-state index in [1.54, 1.807) is 0 Å². The molecule has 2 aromatic rings. The van der Waals surface area contributed by atoms with E-state index in [0.717, 1.165) is 22.7 Å². The highest BCUT2D eigenvalue weighted by molar-refractivity contribution is 5.95. The number of nitrogens with one attached hydrogen (secondary N) is 1. The van der Waals surface area contributed by atoms with E-state index < -0.39 is 5.60 Å². The molecular formula is C21H27N3O2.